The second-order valence-electron chi connectivity index (χ2n) is 8.06. The van der Waals surface area contributed by atoms with E-state index in [-0.39, 0.29) is 17.9 Å². The van der Waals surface area contributed by atoms with Crippen LogP contribution in [0.3, 0.4) is 0 Å². The SMILES string of the molecule is CC(=O)N[C@H](C)c1ccc(-c2csc(NC(=O)[C@@H](C)Oc3cccc(C(C)C)c3)n2)cc1. The molecule has 2 atom stereocenters. The summed E-state index contributed by atoms with van der Waals surface area (Å²) >= 11 is 1.37. The Hall–Kier alpha value is -3.19. The van der Waals surface area contributed by atoms with E-state index in [0.717, 1.165) is 22.4 Å². The minimum Gasteiger partial charge on any atom is -0.481 e. The van der Waals surface area contributed by atoms with Gasteiger partial charge in [0.25, 0.3) is 5.91 Å². The van der Waals surface area contributed by atoms with Crippen LogP contribution in [0.2, 0.25) is 0 Å². The third-order valence-corrected chi connectivity index (χ3v) is 5.83. The van der Waals surface area contributed by atoms with Gasteiger partial charge in [0.05, 0.1) is 11.7 Å². The van der Waals surface area contributed by atoms with E-state index < -0.39 is 6.10 Å². The van der Waals surface area contributed by atoms with Crippen LogP contribution in [-0.4, -0.2) is 22.9 Å². The summed E-state index contributed by atoms with van der Waals surface area (Å²) in [5, 5.41) is 8.13. The topological polar surface area (TPSA) is 80.3 Å². The van der Waals surface area contributed by atoms with Crippen molar-refractivity contribution in [3.8, 4) is 17.0 Å². The maximum atomic E-state index is 12.6. The molecule has 2 aromatic carbocycles. The van der Waals surface area contributed by atoms with Gasteiger partial charge in [0, 0.05) is 17.9 Å². The van der Waals surface area contributed by atoms with E-state index in [4.69, 9.17) is 4.74 Å². The molecule has 168 valence electrons. The first-order valence-electron chi connectivity index (χ1n) is 10.6. The van der Waals surface area contributed by atoms with Gasteiger partial charge >= 0.3 is 0 Å². The molecule has 0 saturated heterocycles. The third-order valence-electron chi connectivity index (χ3n) is 5.07. The number of nitrogens with zero attached hydrogens (tertiary/aromatic N) is 1. The van der Waals surface area contributed by atoms with Gasteiger partial charge in [-0.25, -0.2) is 4.98 Å². The Kier molecular flexibility index (Phi) is 7.64. The molecule has 3 rings (SSSR count). The molecule has 0 fully saturated rings. The van der Waals surface area contributed by atoms with Crippen LogP contribution in [0.5, 0.6) is 5.75 Å². The minimum absolute atomic E-state index is 0.0606. The zero-order valence-corrected chi connectivity index (χ0v) is 19.8. The van der Waals surface area contributed by atoms with Crippen LogP contribution in [0.1, 0.15) is 57.7 Å². The standard InChI is InChI=1S/C25H29N3O3S/c1-15(2)21-7-6-8-22(13-21)31-17(4)24(30)28-25-27-23(14-32-25)20-11-9-19(10-12-20)16(3)26-18(5)29/h6-17H,1-5H3,(H,26,29)(H,27,28,30)/t16-,17-/m1/s1. The van der Waals surface area contributed by atoms with Crippen LogP contribution in [0.25, 0.3) is 11.3 Å². The summed E-state index contributed by atoms with van der Waals surface area (Å²) in [5.41, 5.74) is 3.90. The average Bonchev–Trinajstić information content (AvgIpc) is 3.22. The summed E-state index contributed by atoms with van der Waals surface area (Å²) < 4.78 is 5.83. The van der Waals surface area contributed by atoms with Crippen LogP contribution in [-0.2, 0) is 9.59 Å². The number of ether oxygens (including phenoxy) is 1. The maximum Gasteiger partial charge on any atom is 0.266 e. The molecule has 6 nitrogen and oxygen atoms in total. The summed E-state index contributed by atoms with van der Waals surface area (Å²) in [4.78, 5) is 28.4. The van der Waals surface area contributed by atoms with Crippen molar-refractivity contribution in [2.45, 2.75) is 52.7 Å². The fraction of sp³-hybridized carbons (Fsp3) is 0.320. The Morgan fingerprint density at radius 2 is 1.72 bits per heavy atom. The molecule has 0 aliphatic rings. The highest BCUT2D eigenvalue weighted by molar-refractivity contribution is 7.14. The highest BCUT2D eigenvalue weighted by Gasteiger charge is 2.17. The van der Waals surface area contributed by atoms with Crippen LogP contribution in [0, 0.1) is 0 Å². The van der Waals surface area contributed by atoms with E-state index in [9.17, 15) is 9.59 Å². The predicted molar refractivity (Wildman–Crippen MR) is 129 cm³/mol. The van der Waals surface area contributed by atoms with Gasteiger partial charge in [0.2, 0.25) is 5.91 Å². The highest BCUT2D eigenvalue weighted by atomic mass is 32.1. The van der Waals surface area contributed by atoms with Gasteiger partial charge in [-0.1, -0.05) is 50.2 Å². The molecular weight excluding hydrogens is 422 g/mol. The smallest absolute Gasteiger partial charge is 0.266 e. The van der Waals surface area contributed by atoms with Gasteiger partial charge in [-0.3, -0.25) is 14.9 Å². The van der Waals surface area contributed by atoms with Gasteiger partial charge in [0.1, 0.15) is 5.75 Å². The van der Waals surface area contributed by atoms with Crippen molar-refractivity contribution >= 4 is 28.3 Å². The zero-order valence-electron chi connectivity index (χ0n) is 19.0. The highest BCUT2D eigenvalue weighted by Crippen LogP contribution is 2.27. The van der Waals surface area contributed by atoms with Gasteiger partial charge in [-0.2, -0.15) is 0 Å². The number of nitrogens with one attached hydrogen (secondary N) is 2. The number of benzene rings is 2. The molecule has 32 heavy (non-hydrogen) atoms. The molecule has 0 aliphatic carbocycles. The van der Waals surface area contributed by atoms with Crippen molar-refractivity contribution in [2.75, 3.05) is 5.32 Å². The fourth-order valence-electron chi connectivity index (χ4n) is 3.21. The van der Waals surface area contributed by atoms with Gasteiger partial charge < -0.3 is 10.1 Å². The van der Waals surface area contributed by atoms with Crippen molar-refractivity contribution in [1.82, 2.24) is 10.3 Å². The molecule has 0 bridgehead atoms. The van der Waals surface area contributed by atoms with Crippen molar-refractivity contribution < 1.29 is 14.3 Å². The number of carbonyl (C=O) groups excluding carboxylic acids is 2. The number of thiazole rings is 1. The van der Waals surface area contributed by atoms with Gasteiger partial charge in [-0.05, 0) is 43.0 Å². The molecule has 2 amide bonds. The lowest BCUT2D eigenvalue weighted by Crippen LogP contribution is -2.30. The lowest BCUT2D eigenvalue weighted by atomic mass is 10.0. The van der Waals surface area contributed by atoms with Crippen molar-refractivity contribution in [3.05, 3.63) is 65.0 Å². The van der Waals surface area contributed by atoms with Crippen LogP contribution >= 0.6 is 11.3 Å². The fourth-order valence-corrected chi connectivity index (χ4v) is 3.93. The number of hydrogen-bond donors (Lipinski definition) is 2. The normalized spacial score (nSPS) is 12.8. The summed E-state index contributed by atoms with van der Waals surface area (Å²) in [6.07, 6.45) is -0.653. The number of aromatic nitrogens is 1. The van der Waals surface area contributed by atoms with Crippen LogP contribution < -0.4 is 15.4 Å². The molecule has 1 aromatic heterocycles. The van der Waals surface area contributed by atoms with E-state index >= 15 is 0 Å². The lowest BCUT2D eigenvalue weighted by Gasteiger charge is -2.15. The van der Waals surface area contributed by atoms with E-state index in [1.54, 1.807) is 6.92 Å². The monoisotopic (exact) mass is 451 g/mol. The van der Waals surface area contributed by atoms with E-state index in [1.165, 1.54) is 18.3 Å². The van der Waals surface area contributed by atoms with Crippen LogP contribution in [0.15, 0.2) is 53.9 Å². The number of anilines is 1. The van der Waals surface area contributed by atoms with Gasteiger partial charge in [0.15, 0.2) is 11.2 Å². The molecule has 0 spiro atoms. The van der Waals surface area contributed by atoms with Crippen molar-refractivity contribution in [3.63, 3.8) is 0 Å². The first-order valence-corrected chi connectivity index (χ1v) is 11.5. The lowest BCUT2D eigenvalue weighted by molar-refractivity contribution is -0.122. The largest absolute Gasteiger partial charge is 0.481 e. The molecule has 7 heteroatoms. The molecule has 3 aromatic rings. The molecule has 0 radical (unpaired) electrons. The third kappa shape index (κ3) is 6.17. The quantitative estimate of drug-likeness (QED) is 0.471. The summed E-state index contributed by atoms with van der Waals surface area (Å²) in [7, 11) is 0. The summed E-state index contributed by atoms with van der Waals surface area (Å²) in [5.74, 6) is 0.749. The molecule has 0 aliphatic heterocycles. The Labute approximate surface area is 193 Å². The predicted octanol–water partition coefficient (Wildman–Crippen LogP) is 5.54. The number of carbonyl (C=O) groups is 2. The Bertz CT molecular complexity index is 1080. The maximum absolute atomic E-state index is 12.6. The molecule has 1 heterocycles. The molecule has 0 saturated carbocycles. The molecular formula is C25H29N3O3S. The Morgan fingerprint density at radius 1 is 1.00 bits per heavy atom. The first-order chi connectivity index (χ1) is 15.2. The minimum atomic E-state index is -0.653. The van der Waals surface area contributed by atoms with E-state index in [2.05, 4.69) is 29.5 Å². The number of rotatable bonds is 8. The van der Waals surface area contributed by atoms with Crippen molar-refractivity contribution in [1.29, 1.82) is 0 Å². The molecule has 2 N–H and O–H groups in total. The molecule has 0 unspecified atom stereocenters. The summed E-state index contributed by atoms with van der Waals surface area (Å²) in [6, 6.07) is 15.6. The summed E-state index contributed by atoms with van der Waals surface area (Å²) in [6.45, 7) is 9.40. The van der Waals surface area contributed by atoms with Gasteiger partial charge in [-0.15, -0.1) is 11.3 Å². The second kappa shape index (κ2) is 10.4. The second-order valence-corrected chi connectivity index (χ2v) is 8.92. The number of amides is 2. The van der Waals surface area contributed by atoms with Crippen LogP contribution in [0.4, 0.5) is 5.13 Å². The zero-order chi connectivity index (χ0) is 23.3. The Morgan fingerprint density at radius 3 is 2.38 bits per heavy atom. The van der Waals surface area contributed by atoms with E-state index in [0.29, 0.717) is 16.8 Å². The Balaban J connectivity index is 1.61. The van der Waals surface area contributed by atoms with E-state index in [1.807, 2.05) is 60.8 Å². The number of hydrogen-bond acceptors (Lipinski definition) is 5. The average molecular weight is 452 g/mol. The first kappa shape index (κ1) is 23.5. The van der Waals surface area contributed by atoms with Crippen molar-refractivity contribution in [2.24, 2.45) is 0 Å².